The first-order valence-electron chi connectivity index (χ1n) is 7.44. The zero-order valence-corrected chi connectivity index (χ0v) is 13.4. The van der Waals surface area contributed by atoms with Crippen molar-refractivity contribution in [2.75, 3.05) is 0 Å². The number of rotatable bonds is 5. The van der Waals surface area contributed by atoms with Gasteiger partial charge in [-0.25, -0.2) is 0 Å². The number of amidine groups is 1. The second-order valence-corrected chi connectivity index (χ2v) is 6.51. The number of aryl methyl sites for hydroxylation is 1. The first kappa shape index (κ1) is 15.8. The lowest BCUT2D eigenvalue weighted by Crippen LogP contribution is -2.57. The summed E-state index contributed by atoms with van der Waals surface area (Å²) >= 11 is 1.72. The fourth-order valence-electron chi connectivity index (χ4n) is 3.03. The van der Waals surface area contributed by atoms with Gasteiger partial charge in [-0.3, -0.25) is 4.79 Å². The van der Waals surface area contributed by atoms with Crippen molar-refractivity contribution in [1.82, 2.24) is 5.32 Å². The Bertz CT molecular complexity index is 535. The normalized spacial score (nSPS) is 19.1. The maximum absolute atomic E-state index is 12.7. The second-order valence-electron chi connectivity index (χ2n) is 5.51. The van der Waals surface area contributed by atoms with Crippen LogP contribution < -0.4 is 11.1 Å². The molecule has 5 nitrogen and oxygen atoms in total. The summed E-state index contributed by atoms with van der Waals surface area (Å²) in [6.07, 6.45) is 4.13. The lowest BCUT2D eigenvalue weighted by Gasteiger charge is -2.34. The van der Waals surface area contributed by atoms with Crippen LogP contribution in [-0.4, -0.2) is 22.5 Å². The van der Waals surface area contributed by atoms with E-state index in [1.165, 1.54) is 4.88 Å². The van der Waals surface area contributed by atoms with E-state index < -0.39 is 5.54 Å². The number of nitrogens with two attached hydrogens (primary N) is 1. The summed E-state index contributed by atoms with van der Waals surface area (Å²) in [6.45, 7) is 3.86. The van der Waals surface area contributed by atoms with Crippen LogP contribution in [0.2, 0.25) is 0 Å². The van der Waals surface area contributed by atoms with Crippen LogP contribution in [0, 0.1) is 0 Å². The number of hydrogen-bond donors (Lipinski definition) is 3. The topological polar surface area (TPSA) is 87.7 Å². The number of oxime groups is 1. The van der Waals surface area contributed by atoms with Crippen LogP contribution in [0.5, 0.6) is 0 Å². The molecule has 1 aromatic heterocycles. The van der Waals surface area contributed by atoms with Crippen molar-refractivity contribution in [2.45, 2.75) is 57.4 Å². The monoisotopic (exact) mass is 309 g/mol. The number of carbonyl (C=O) groups excluding carboxylic acids is 1. The number of nitrogens with one attached hydrogen (secondary N) is 1. The van der Waals surface area contributed by atoms with E-state index in [1.54, 1.807) is 11.3 Å². The number of thiophene rings is 1. The van der Waals surface area contributed by atoms with Crippen molar-refractivity contribution < 1.29 is 10.0 Å². The predicted molar refractivity (Wildman–Crippen MR) is 84.9 cm³/mol. The van der Waals surface area contributed by atoms with Gasteiger partial charge in [0.15, 0.2) is 5.84 Å². The third-order valence-electron chi connectivity index (χ3n) is 4.54. The SMILES string of the molecule is CCC(CC)(NC(=O)C1CCCc2sccc21)/C(N)=N/O. The van der Waals surface area contributed by atoms with E-state index in [9.17, 15) is 4.79 Å². The predicted octanol–water partition coefficient (Wildman–Crippen LogP) is 2.59. The van der Waals surface area contributed by atoms with Crippen molar-refractivity contribution >= 4 is 23.1 Å². The Morgan fingerprint density at radius 1 is 1.57 bits per heavy atom. The number of hydrogen-bond acceptors (Lipinski definition) is 4. The molecular formula is C15H23N3O2S. The van der Waals surface area contributed by atoms with Gasteiger partial charge >= 0.3 is 0 Å². The molecule has 1 unspecified atom stereocenters. The van der Waals surface area contributed by atoms with E-state index in [0.29, 0.717) is 12.8 Å². The molecule has 0 saturated carbocycles. The molecule has 0 bridgehead atoms. The third kappa shape index (κ3) is 2.90. The number of amides is 1. The molecule has 21 heavy (non-hydrogen) atoms. The lowest BCUT2D eigenvalue weighted by molar-refractivity contribution is -0.124. The Labute approximate surface area is 129 Å². The highest BCUT2D eigenvalue weighted by atomic mass is 32.1. The molecule has 1 amide bonds. The molecule has 0 radical (unpaired) electrons. The molecule has 0 aromatic carbocycles. The molecule has 1 aliphatic carbocycles. The van der Waals surface area contributed by atoms with Gasteiger partial charge in [-0.15, -0.1) is 11.3 Å². The van der Waals surface area contributed by atoms with Crippen molar-refractivity contribution in [3.63, 3.8) is 0 Å². The van der Waals surface area contributed by atoms with Gasteiger partial charge in [0, 0.05) is 4.88 Å². The van der Waals surface area contributed by atoms with Crippen LogP contribution in [0.1, 0.15) is 55.9 Å². The van der Waals surface area contributed by atoms with Gasteiger partial charge in [-0.1, -0.05) is 19.0 Å². The molecule has 0 saturated heterocycles. The molecule has 116 valence electrons. The molecule has 1 aromatic rings. The third-order valence-corrected chi connectivity index (χ3v) is 5.53. The highest BCUT2D eigenvalue weighted by molar-refractivity contribution is 7.10. The Balaban J connectivity index is 2.22. The van der Waals surface area contributed by atoms with Gasteiger partial charge in [-0.05, 0) is 49.1 Å². The number of nitrogens with zero attached hydrogens (tertiary/aromatic N) is 1. The van der Waals surface area contributed by atoms with Crippen molar-refractivity contribution in [3.8, 4) is 0 Å². The highest BCUT2D eigenvalue weighted by Crippen LogP contribution is 2.35. The van der Waals surface area contributed by atoms with Crippen LogP contribution in [0.3, 0.4) is 0 Å². The van der Waals surface area contributed by atoms with Crippen LogP contribution >= 0.6 is 11.3 Å². The molecule has 4 N–H and O–H groups in total. The first-order valence-corrected chi connectivity index (χ1v) is 8.32. The van der Waals surface area contributed by atoms with E-state index in [0.717, 1.165) is 24.8 Å². The van der Waals surface area contributed by atoms with Gasteiger partial charge in [0.25, 0.3) is 0 Å². The summed E-state index contributed by atoms with van der Waals surface area (Å²) in [5.74, 6) is -0.0733. The minimum atomic E-state index is -0.764. The van der Waals surface area contributed by atoms with E-state index in [-0.39, 0.29) is 17.7 Å². The van der Waals surface area contributed by atoms with Gasteiger partial charge in [0.1, 0.15) is 5.54 Å². The summed E-state index contributed by atoms with van der Waals surface area (Å²) < 4.78 is 0. The highest BCUT2D eigenvalue weighted by Gasteiger charge is 2.37. The summed E-state index contributed by atoms with van der Waals surface area (Å²) in [5, 5.41) is 17.2. The second kappa shape index (κ2) is 6.47. The van der Waals surface area contributed by atoms with Crippen LogP contribution in [0.15, 0.2) is 16.6 Å². The standard InChI is InChI=1S/C15H23N3O2S/c1-3-15(4-2,14(16)18-20)17-13(19)11-6-5-7-12-10(11)8-9-21-12/h8-9,11,20H,3-7H2,1-2H3,(H2,16,18)(H,17,19). The van der Waals surface area contributed by atoms with E-state index >= 15 is 0 Å². The summed E-state index contributed by atoms with van der Waals surface area (Å²) in [7, 11) is 0. The Kier molecular flexibility index (Phi) is 4.88. The Morgan fingerprint density at radius 3 is 2.90 bits per heavy atom. The molecular weight excluding hydrogens is 286 g/mol. The zero-order valence-electron chi connectivity index (χ0n) is 12.6. The average Bonchev–Trinajstić information content (AvgIpc) is 3.00. The maximum Gasteiger partial charge on any atom is 0.228 e. The largest absolute Gasteiger partial charge is 0.409 e. The minimum absolute atomic E-state index is 0.0235. The maximum atomic E-state index is 12.7. The van der Waals surface area contributed by atoms with Crippen molar-refractivity contribution in [2.24, 2.45) is 10.9 Å². The van der Waals surface area contributed by atoms with E-state index in [2.05, 4.69) is 10.5 Å². The van der Waals surface area contributed by atoms with Gasteiger partial charge in [0.05, 0.1) is 5.92 Å². The molecule has 1 heterocycles. The lowest BCUT2D eigenvalue weighted by atomic mass is 9.85. The fraction of sp³-hybridized carbons (Fsp3) is 0.600. The van der Waals surface area contributed by atoms with Gasteiger partial charge < -0.3 is 16.3 Å². The van der Waals surface area contributed by atoms with Crippen LogP contribution in [0.25, 0.3) is 0 Å². The zero-order chi connectivity index (χ0) is 15.5. The molecule has 0 aliphatic heterocycles. The van der Waals surface area contributed by atoms with E-state index in [4.69, 9.17) is 10.9 Å². The molecule has 2 rings (SSSR count). The van der Waals surface area contributed by atoms with Gasteiger partial charge in [0.2, 0.25) is 5.91 Å². The van der Waals surface area contributed by atoms with Crippen LogP contribution in [-0.2, 0) is 11.2 Å². The molecule has 0 spiro atoms. The molecule has 6 heteroatoms. The van der Waals surface area contributed by atoms with Crippen molar-refractivity contribution in [3.05, 3.63) is 21.9 Å². The summed E-state index contributed by atoms with van der Waals surface area (Å²) in [6, 6.07) is 2.05. The Morgan fingerprint density at radius 2 is 2.29 bits per heavy atom. The van der Waals surface area contributed by atoms with Crippen molar-refractivity contribution in [1.29, 1.82) is 0 Å². The fourth-order valence-corrected chi connectivity index (χ4v) is 4.02. The van der Waals surface area contributed by atoms with Crippen LogP contribution in [0.4, 0.5) is 0 Å². The molecule has 1 aliphatic rings. The first-order chi connectivity index (χ1) is 10.1. The number of carbonyl (C=O) groups is 1. The molecule has 0 fully saturated rings. The number of fused-ring (bicyclic) bond motifs is 1. The summed E-state index contributed by atoms with van der Waals surface area (Å²) in [4.78, 5) is 14.0. The summed E-state index contributed by atoms with van der Waals surface area (Å²) in [5.41, 5.74) is 6.19. The quantitative estimate of drug-likeness (QED) is 0.338. The minimum Gasteiger partial charge on any atom is -0.409 e. The smallest absolute Gasteiger partial charge is 0.228 e. The average molecular weight is 309 g/mol. The Hall–Kier alpha value is -1.56. The van der Waals surface area contributed by atoms with Gasteiger partial charge in [-0.2, -0.15) is 0 Å². The van der Waals surface area contributed by atoms with E-state index in [1.807, 2.05) is 25.3 Å². The molecule has 1 atom stereocenters.